The van der Waals surface area contributed by atoms with E-state index in [-0.39, 0.29) is 17.8 Å². The molecule has 0 saturated heterocycles. The van der Waals surface area contributed by atoms with Crippen LogP contribution in [0.5, 0.6) is 0 Å². The summed E-state index contributed by atoms with van der Waals surface area (Å²) in [5.41, 5.74) is 1.58. The highest BCUT2D eigenvalue weighted by Crippen LogP contribution is 2.30. The molecule has 2 aromatic heterocycles. The quantitative estimate of drug-likeness (QED) is 0.804. The van der Waals surface area contributed by atoms with Crippen LogP contribution in [0.4, 0.5) is 0 Å². The van der Waals surface area contributed by atoms with Crippen LogP contribution < -0.4 is 4.87 Å². The molecule has 0 saturated carbocycles. The van der Waals surface area contributed by atoms with Crippen molar-refractivity contribution in [1.82, 2.24) is 9.55 Å². The molecule has 1 aromatic carbocycles. The predicted octanol–water partition coefficient (Wildman–Crippen LogP) is 2.66. The molecule has 1 N–H and O–H groups in total. The Hall–Kier alpha value is -1.99. The van der Waals surface area contributed by atoms with Crippen molar-refractivity contribution in [2.24, 2.45) is 0 Å². The Morgan fingerprint density at radius 2 is 2.15 bits per heavy atom. The average Bonchev–Trinajstić information content (AvgIpc) is 2.99. The van der Waals surface area contributed by atoms with E-state index in [4.69, 9.17) is 5.11 Å². The molecule has 0 atom stereocenters. The monoisotopic (exact) mass is 306 g/mol. The molecule has 3 aromatic rings. The summed E-state index contributed by atoms with van der Waals surface area (Å²) in [4.78, 5) is 26.8. The van der Waals surface area contributed by atoms with E-state index in [0.717, 1.165) is 26.6 Å². The number of hydrogen-bond donors (Lipinski definition) is 1. The Balaban J connectivity index is 2.05. The van der Waals surface area contributed by atoms with Crippen LogP contribution in [0.25, 0.3) is 20.9 Å². The van der Waals surface area contributed by atoms with Crippen molar-refractivity contribution >= 4 is 38.9 Å². The van der Waals surface area contributed by atoms with Crippen LogP contribution >= 0.6 is 22.7 Å². The Morgan fingerprint density at radius 3 is 2.90 bits per heavy atom. The van der Waals surface area contributed by atoms with Crippen LogP contribution in [0.1, 0.15) is 6.42 Å². The van der Waals surface area contributed by atoms with Gasteiger partial charge < -0.3 is 5.11 Å². The van der Waals surface area contributed by atoms with Crippen molar-refractivity contribution < 1.29 is 9.90 Å². The van der Waals surface area contributed by atoms with E-state index in [1.54, 1.807) is 5.38 Å². The predicted molar refractivity (Wildman–Crippen MR) is 79.4 cm³/mol. The van der Waals surface area contributed by atoms with E-state index in [9.17, 15) is 9.59 Å². The van der Waals surface area contributed by atoms with Gasteiger partial charge in [0.15, 0.2) is 0 Å². The molecular weight excluding hydrogens is 296 g/mol. The Bertz CT molecular complexity index is 798. The maximum Gasteiger partial charge on any atom is 0.307 e. The fraction of sp³-hybridized carbons (Fsp3) is 0.154. The summed E-state index contributed by atoms with van der Waals surface area (Å²) in [5.74, 6) is -0.918. The Morgan fingerprint density at radius 1 is 1.35 bits per heavy atom. The van der Waals surface area contributed by atoms with Crippen molar-refractivity contribution in [2.75, 3.05) is 0 Å². The lowest BCUT2D eigenvalue weighted by Gasteiger charge is -2.02. The summed E-state index contributed by atoms with van der Waals surface area (Å²) in [5, 5.41) is 11.2. The molecule has 0 spiro atoms. The molecule has 0 amide bonds. The molecule has 5 nitrogen and oxygen atoms in total. The van der Waals surface area contributed by atoms with Crippen LogP contribution in [0, 0.1) is 0 Å². The highest BCUT2D eigenvalue weighted by Gasteiger charge is 2.14. The number of hydrogen-bond acceptors (Lipinski definition) is 5. The van der Waals surface area contributed by atoms with Gasteiger partial charge in [0.25, 0.3) is 0 Å². The summed E-state index contributed by atoms with van der Waals surface area (Å²) in [6, 6.07) is 7.75. The van der Waals surface area contributed by atoms with Crippen LogP contribution in [0.2, 0.25) is 0 Å². The van der Waals surface area contributed by atoms with Gasteiger partial charge in [-0.05, 0) is 12.1 Å². The van der Waals surface area contributed by atoms with Gasteiger partial charge in [0.1, 0.15) is 5.01 Å². The fourth-order valence-electron chi connectivity index (χ4n) is 1.90. The van der Waals surface area contributed by atoms with E-state index >= 15 is 0 Å². The van der Waals surface area contributed by atoms with E-state index < -0.39 is 5.97 Å². The molecule has 7 heteroatoms. The molecule has 102 valence electrons. The van der Waals surface area contributed by atoms with Gasteiger partial charge in [-0.1, -0.05) is 23.5 Å². The lowest BCUT2D eigenvalue weighted by atomic mass is 10.3. The second-order valence-electron chi connectivity index (χ2n) is 4.17. The first-order chi connectivity index (χ1) is 9.65. The van der Waals surface area contributed by atoms with Crippen molar-refractivity contribution in [3.05, 3.63) is 39.3 Å². The van der Waals surface area contributed by atoms with Gasteiger partial charge in [-0.3, -0.25) is 14.2 Å². The second-order valence-corrected chi connectivity index (χ2v) is 6.02. The largest absolute Gasteiger partial charge is 0.481 e. The third-order valence-corrected chi connectivity index (χ3v) is 4.67. The van der Waals surface area contributed by atoms with Crippen LogP contribution in [0.3, 0.4) is 0 Å². The number of fused-ring (bicyclic) bond motifs is 1. The maximum absolute atomic E-state index is 11.8. The van der Waals surface area contributed by atoms with Gasteiger partial charge in [0, 0.05) is 11.9 Å². The molecular formula is C13H10N2O3S2. The highest BCUT2D eigenvalue weighted by molar-refractivity contribution is 7.21. The number of carbonyl (C=O) groups is 1. The third-order valence-electron chi connectivity index (χ3n) is 2.84. The number of aliphatic carboxylic acids is 1. The van der Waals surface area contributed by atoms with E-state index in [1.807, 2.05) is 24.3 Å². The van der Waals surface area contributed by atoms with Crippen molar-refractivity contribution in [2.45, 2.75) is 13.0 Å². The minimum atomic E-state index is -0.918. The normalized spacial score (nSPS) is 11.0. The minimum Gasteiger partial charge on any atom is -0.481 e. The van der Waals surface area contributed by atoms with E-state index in [2.05, 4.69) is 4.98 Å². The van der Waals surface area contributed by atoms with Gasteiger partial charge in [-0.25, -0.2) is 4.98 Å². The number of carboxylic acids is 1. The molecule has 0 bridgehead atoms. The van der Waals surface area contributed by atoms with Gasteiger partial charge in [-0.15, -0.1) is 11.3 Å². The van der Waals surface area contributed by atoms with Gasteiger partial charge >= 0.3 is 10.8 Å². The summed E-state index contributed by atoms with van der Waals surface area (Å²) >= 11 is 2.57. The number of benzene rings is 1. The van der Waals surface area contributed by atoms with Crippen molar-refractivity contribution in [3.8, 4) is 10.7 Å². The fourth-order valence-corrected chi connectivity index (χ4v) is 3.73. The first-order valence-electron chi connectivity index (χ1n) is 5.91. The Labute approximate surface area is 121 Å². The molecule has 0 aliphatic carbocycles. The standard InChI is InChI=1S/C13H10N2O3S2/c16-11(17)5-6-15-9(7-19-13(15)18)12-14-8-3-1-2-4-10(8)20-12/h1-4,7H,5-6H2,(H,16,17). The minimum absolute atomic E-state index is 0.0749. The van der Waals surface area contributed by atoms with E-state index in [0.29, 0.717) is 5.69 Å². The van der Waals surface area contributed by atoms with Crippen molar-refractivity contribution in [3.63, 3.8) is 0 Å². The first-order valence-corrected chi connectivity index (χ1v) is 7.61. The van der Waals surface area contributed by atoms with E-state index in [1.165, 1.54) is 15.9 Å². The molecule has 20 heavy (non-hydrogen) atoms. The number of para-hydroxylation sites is 1. The molecule has 2 heterocycles. The SMILES string of the molecule is O=C(O)CCn1c(-c2nc3ccccc3s2)csc1=O. The number of nitrogens with zero attached hydrogens (tertiary/aromatic N) is 2. The zero-order valence-electron chi connectivity index (χ0n) is 10.3. The first kappa shape index (κ1) is 13.0. The molecule has 0 unspecified atom stereocenters. The number of thiazole rings is 2. The number of aromatic nitrogens is 2. The third kappa shape index (κ3) is 2.37. The summed E-state index contributed by atoms with van der Waals surface area (Å²) in [7, 11) is 0. The summed E-state index contributed by atoms with van der Waals surface area (Å²) < 4.78 is 2.53. The van der Waals surface area contributed by atoms with Crippen LogP contribution in [-0.4, -0.2) is 20.6 Å². The van der Waals surface area contributed by atoms with Gasteiger partial charge in [0.2, 0.25) is 0 Å². The maximum atomic E-state index is 11.8. The summed E-state index contributed by atoms with van der Waals surface area (Å²) in [6.45, 7) is 0.170. The lowest BCUT2D eigenvalue weighted by molar-refractivity contribution is -0.137. The lowest BCUT2D eigenvalue weighted by Crippen LogP contribution is -2.16. The Kier molecular flexibility index (Phi) is 3.37. The number of rotatable bonds is 4. The van der Waals surface area contributed by atoms with Gasteiger partial charge in [-0.2, -0.15) is 0 Å². The van der Waals surface area contributed by atoms with Gasteiger partial charge in [0.05, 0.1) is 22.3 Å². The second kappa shape index (κ2) is 5.18. The molecule has 0 fully saturated rings. The van der Waals surface area contributed by atoms with Crippen molar-refractivity contribution in [1.29, 1.82) is 0 Å². The molecule has 0 aliphatic heterocycles. The molecule has 3 rings (SSSR count). The zero-order chi connectivity index (χ0) is 14.1. The van der Waals surface area contributed by atoms with Crippen LogP contribution in [-0.2, 0) is 11.3 Å². The average molecular weight is 306 g/mol. The summed E-state index contributed by atoms with van der Waals surface area (Å²) in [6.07, 6.45) is -0.0749. The van der Waals surface area contributed by atoms with Crippen LogP contribution in [0.15, 0.2) is 34.4 Å². The zero-order valence-corrected chi connectivity index (χ0v) is 11.9. The smallest absolute Gasteiger partial charge is 0.307 e. The molecule has 0 radical (unpaired) electrons. The number of carboxylic acid groups (broad SMARTS) is 1. The topological polar surface area (TPSA) is 72.2 Å². The highest BCUT2D eigenvalue weighted by atomic mass is 32.1. The molecule has 0 aliphatic rings.